The Hall–Kier alpha value is -1.44. The van der Waals surface area contributed by atoms with Gasteiger partial charge in [-0.1, -0.05) is 0 Å². The van der Waals surface area contributed by atoms with Crippen molar-refractivity contribution in [2.45, 2.75) is 25.4 Å². The molecule has 0 bridgehead atoms. The number of hydrogen-bond acceptors (Lipinski definition) is 3. The van der Waals surface area contributed by atoms with E-state index >= 15 is 0 Å². The lowest BCUT2D eigenvalue weighted by molar-refractivity contribution is 0.183. The number of halogens is 1. The first kappa shape index (κ1) is 12.0. The van der Waals surface area contributed by atoms with Crippen molar-refractivity contribution in [2.75, 3.05) is 13.2 Å². The molecule has 1 aliphatic rings. The fraction of sp³-hybridized carbons (Fsp3) is 0.462. The summed E-state index contributed by atoms with van der Waals surface area (Å²) in [5.74, 6) is -0.376. The van der Waals surface area contributed by atoms with Gasteiger partial charge in [-0.05, 0) is 36.6 Å². The highest BCUT2D eigenvalue weighted by molar-refractivity contribution is 5.33. The molecular weight excluding hydrogens is 219 g/mol. The van der Waals surface area contributed by atoms with Gasteiger partial charge in [0, 0.05) is 19.1 Å². The minimum Gasteiger partial charge on any atom is -0.395 e. The molecule has 0 saturated heterocycles. The lowest BCUT2D eigenvalue weighted by Gasteiger charge is -2.20. The number of benzene rings is 1. The molecule has 1 fully saturated rings. The first-order chi connectivity index (χ1) is 8.22. The maximum Gasteiger partial charge on any atom is 0.124 e. The quantitative estimate of drug-likeness (QED) is 0.842. The van der Waals surface area contributed by atoms with Crippen LogP contribution in [0.5, 0.6) is 0 Å². The van der Waals surface area contributed by atoms with Crippen LogP contribution in [0.1, 0.15) is 24.0 Å². The highest BCUT2D eigenvalue weighted by Gasteiger charge is 2.28. The van der Waals surface area contributed by atoms with Gasteiger partial charge in [-0.3, -0.25) is 4.90 Å². The van der Waals surface area contributed by atoms with E-state index in [2.05, 4.69) is 4.90 Å². The Bertz CT molecular complexity index is 438. The van der Waals surface area contributed by atoms with Crippen LogP contribution in [0.3, 0.4) is 0 Å². The van der Waals surface area contributed by atoms with E-state index in [1.54, 1.807) is 6.07 Å². The maximum atomic E-state index is 13.2. The highest BCUT2D eigenvalue weighted by Crippen LogP contribution is 2.28. The summed E-state index contributed by atoms with van der Waals surface area (Å²) in [5, 5.41) is 17.8. The molecule has 3 nitrogen and oxygen atoms in total. The number of hydrogen-bond donors (Lipinski definition) is 1. The Morgan fingerprint density at radius 3 is 2.76 bits per heavy atom. The van der Waals surface area contributed by atoms with E-state index in [-0.39, 0.29) is 12.4 Å². The minimum atomic E-state index is -0.376. The van der Waals surface area contributed by atoms with Gasteiger partial charge in [0.15, 0.2) is 0 Å². The third-order valence-electron chi connectivity index (χ3n) is 2.92. The van der Waals surface area contributed by atoms with E-state index in [1.165, 1.54) is 12.1 Å². The van der Waals surface area contributed by atoms with Crippen LogP contribution in [0.25, 0.3) is 0 Å². The highest BCUT2D eigenvalue weighted by atomic mass is 19.1. The number of aliphatic hydroxyl groups excluding tert-OH is 1. The van der Waals surface area contributed by atoms with Crippen molar-refractivity contribution < 1.29 is 9.50 Å². The van der Waals surface area contributed by atoms with Crippen molar-refractivity contribution in [3.8, 4) is 6.07 Å². The molecule has 0 aromatic heterocycles. The molecule has 1 aromatic carbocycles. The van der Waals surface area contributed by atoms with Crippen LogP contribution in [0, 0.1) is 17.1 Å². The zero-order valence-corrected chi connectivity index (χ0v) is 9.56. The third-order valence-corrected chi connectivity index (χ3v) is 2.92. The van der Waals surface area contributed by atoms with Crippen molar-refractivity contribution in [2.24, 2.45) is 0 Å². The van der Waals surface area contributed by atoms with Gasteiger partial charge >= 0.3 is 0 Å². The molecule has 4 heteroatoms. The molecule has 1 N–H and O–H groups in total. The molecule has 0 spiro atoms. The number of nitriles is 1. The molecule has 1 saturated carbocycles. The molecule has 90 valence electrons. The van der Waals surface area contributed by atoms with E-state index < -0.39 is 0 Å². The van der Waals surface area contributed by atoms with Gasteiger partial charge in [-0.25, -0.2) is 4.39 Å². The topological polar surface area (TPSA) is 47.3 Å². The minimum absolute atomic E-state index is 0.108. The average molecular weight is 234 g/mol. The fourth-order valence-electron chi connectivity index (χ4n) is 2.00. The summed E-state index contributed by atoms with van der Waals surface area (Å²) in [6.45, 7) is 1.30. The summed E-state index contributed by atoms with van der Waals surface area (Å²) in [7, 11) is 0. The van der Waals surface area contributed by atoms with E-state index in [0.29, 0.717) is 24.7 Å². The van der Waals surface area contributed by atoms with Crippen LogP contribution >= 0.6 is 0 Å². The van der Waals surface area contributed by atoms with Crippen molar-refractivity contribution in [3.63, 3.8) is 0 Å². The summed E-state index contributed by atoms with van der Waals surface area (Å²) < 4.78 is 13.2. The van der Waals surface area contributed by atoms with Crippen LogP contribution in [0.4, 0.5) is 4.39 Å². The Kier molecular flexibility index (Phi) is 3.72. The summed E-state index contributed by atoms with van der Waals surface area (Å²) in [5.41, 5.74) is 1.14. The van der Waals surface area contributed by atoms with Gasteiger partial charge in [-0.15, -0.1) is 0 Å². The summed E-state index contributed by atoms with van der Waals surface area (Å²) >= 11 is 0. The number of aliphatic hydroxyl groups is 1. The van der Waals surface area contributed by atoms with E-state index in [0.717, 1.165) is 18.4 Å². The molecule has 0 radical (unpaired) electrons. The second kappa shape index (κ2) is 5.26. The number of rotatable bonds is 5. The Labute approximate surface area is 100 Å². The van der Waals surface area contributed by atoms with Crippen molar-refractivity contribution in [3.05, 3.63) is 35.1 Å². The fourth-order valence-corrected chi connectivity index (χ4v) is 2.00. The molecule has 1 aliphatic carbocycles. The predicted molar refractivity (Wildman–Crippen MR) is 61.6 cm³/mol. The van der Waals surface area contributed by atoms with Crippen LogP contribution in [-0.4, -0.2) is 29.2 Å². The normalized spacial score (nSPS) is 14.9. The van der Waals surface area contributed by atoms with Gasteiger partial charge in [0.1, 0.15) is 5.82 Å². The largest absolute Gasteiger partial charge is 0.395 e. The summed E-state index contributed by atoms with van der Waals surface area (Å²) in [6, 6.07) is 6.85. The van der Waals surface area contributed by atoms with E-state index in [4.69, 9.17) is 10.4 Å². The molecule has 0 heterocycles. The van der Waals surface area contributed by atoms with Crippen LogP contribution in [-0.2, 0) is 6.54 Å². The van der Waals surface area contributed by atoms with Crippen LogP contribution in [0.2, 0.25) is 0 Å². The first-order valence-corrected chi connectivity index (χ1v) is 5.77. The van der Waals surface area contributed by atoms with Gasteiger partial charge in [0.05, 0.1) is 18.2 Å². The number of nitrogens with zero attached hydrogens (tertiary/aromatic N) is 2. The first-order valence-electron chi connectivity index (χ1n) is 5.77. The third kappa shape index (κ3) is 3.26. The van der Waals surface area contributed by atoms with Crippen molar-refractivity contribution in [1.82, 2.24) is 4.90 Å². The second-order valence-corrected chi connectivity index (χ2v) is 4.39. The van der Waals surface area contributed by atoms with Gasteiger partial charge in [0.2, 0.25) is 0 Å². The zero-order valence-electron chi connectivity index (χ0n) is 9.56. The molecular formula is C13H15FN2O. The van der Waals surface area contributed by atoms with Crippen LogP contribution < -0.4 is 0 Å². The maximum absolute atomic E-state index is 13.2. The van der Waals surface area contributed by atoms with E-state index in [9.17, 15) is 4.39 Å². The standard InChI is InChI=1S/C13H15FN2O/c14-12-6-10(8-15)5-11(7-12)9-16(3-4-17)13-1-2-13/h5-7,13,17H,1-4,9H2. The molecule has 0 unspecified atom stereocenters. The Balaban J connectivity index is 2.10. The predicted octanol–water partition coefficient (Wildman–Crippen LogP) is 1.65. The molecule has 0 amide bonds. The molecule has 0 atom stereocenters. The lowest BCUT2D eigenvalue weighted by atomic mass is 10.1. The van der Waals surface area contributed by atoms with Crippen molar-refractivity contribution >= 4 is 0 Å². The average Bonchev–Trinajstić information content (AvgIpc) is 3.11. The lowest BCUT2D eigenvalue weighted by Crippen LogP contribution is -2.28. The van der Waals surface area contributed by atoms with Crippen molar-refractivity contribution in [1.29, 1.82) is 5.26 Å². The Morgan fingerprint density at radius 2 is 2.18 bits per heavy atom. The zero-order chi connectivity index (χ0) is 12.3. The smallest absolute Gasteiger partial charge is 0.124 e. The van der Waals surface area contributed by atoms with Gasteiger partial charge in [-0.2, -0.15) is 5.26 Å². The summed E-state index contributed by atoms with van der Waals surface area (Å²) in [6.07, 6.45) is 2.28. The van der Waals surface area contributed by atoms with E-state index in [1.807, 2.05) is 6.07 Å². The molecule has 2 rings (SSSR count). The SMILES string of the molecule is N#Cc1cc(F)cc(CN(CCO)C2CC2)c1. The summed E-state index contributed by atoms with van der Waals surface area (Å²) in [4.78, 5) is 2.13. The van der Waals surface area contributed by atoms with Gasteiger partial charge < -0.3 is 5.11 Å². The monoisotopic (exact) mass is 234 g/mol. The van der Waals surface area contributed by atoms with Crippen LogP contribution in [0.15, 0.2) is 18.2 Å². The molecule has 0 aliphatic heterocycles. The second-order valence-electron chi connectivity index (χ2n) is 4.39. The van der Waals surface area contributed by atoms with Gasteiger partial charge in [0.25, 0.3) is 0 Å². The molecule has 1 aromatic rings. The molecule has 17 heavy (non-hydrogen) atoms. The Morgan fingerprint density at radius 1 is 1.41 bits per heavy atom.